The maximum Gasteiger partial charge on any atom is 0.268 e. The van der Waals surface area contributed by atoms with Crippen LogP contribution in [0.15, 0.2) is 84.6 Å². The van der Waals surface area contributed by atoms with Gasteiger partial charge in [-0.1, -0.05) is 48.2 Å². The Morgan fingerprint density at radius 3 is 2.48 bits per heavy atom. The molecule has 0 fully saturated rings. The zero-order valence-electron chi connectivity index (χ0n) is 16.7. The van der Waals surface area contributed by atoms with Gasteiger partial charge in [-0.2, -0.15) is 5.90 Å². The Bertz CT molecular complexity index is 1270. The molecule has 2 heterocycles. The Hall–Kier alpha value is -4.17. The van der Waals surface area contributed by atoms with E-state index in [0.29, 0.717) is 17.0 Å². The lowest BCUT2D eigenvalue weighted by Gasteiger charge is -2.10. The van der Waals surface area contributed by atoms with E-state index in [9.17, 15) is 4.39 Å². The summed E-state index contributed by atoms with van der Waals surface area (Å²) in [6, 6.07) is 17.4. The molecule has 0 bridgehead atoms. The number of para-hydroxylation sites is 1. The number of benzene rings is 2. The minimum atomic E-state index is -0.453. The molecular weight excluding hydrogens is 395 g/mol. The summed E-state index contributed by atoms with van der Waals surface area (Å²) < 4.78 is 15.9. The van der Waals surface area contributed by atoms with Crippen LogP contribution >= 0.6 is 0 Å². The molecule has 0 unspecified atom stereocenters. The van der Waals surface area contributed by atoms with Crippen molar-refractivity contribution in [3.63, 3.8) is 0 Å². The van der Waals surface area contributed by atoms with Gasteiger partial charge in [0, 0.05) is 23.5 Å². The van der Waals surface area contributed by atoms with Gasteiger partial charge in [-0.25, -0.2) is 14.1 Å². The Balaban J connectivity index is 1.89. The Morgan fingerprint density at radius 2 is 1.77 bits per heavy atom. The Kier molecular flexibility index (Phi) is 5.63. The van der Waals surface area contributed by atoms with Crippen molar-refractivity contribution in [2.45, 2.75) is 6.92 Å². The Labute approximate surface area is 178 Å². The summed E-state index contributed by atoms with van der Waals surface area (Å²) >= 11 is 0. The van der Waals surface area contributed by atoms with E-state index < -0.39 is 5.82 Å². The number of aryl methyl sites for hydroxylation is 1. The van der Waals surface area contributed by atoms with Crippen molar-refractivity contribution in [1.29, 1.82) is 0 Å². The highest BCUT2D eigenvalue weighted by Gasteiger charge is 2.23. The molecular formula is C23H19FN6O. The molecule has 2 aromatic heterocycles. The number of rotatable bonds is 5. The topological polar surface area (TPSA) is 91.2 Å². The lowest BCUT2D eigenvalue weighted by molar-refractivity contribution is 0.321. The molecule has 0 aliphatic rings. The second-order valence-electron chi connectivity index (χ2n) is 6.68. The van der Waals surface area contributed by atoms with E-state index in [0.717, 1.165) is 11.1 Å². The minimum Gasteiger partial charge on any atom is -0.389 e. The molecule has 31 heavy (non-hydrogen) atoms. The smallest absolute Gasteiger partial charge is 0.268 e. The van der Waals surface area contributed by atoms with Crippen molar-refractivity contribution >= 4 is 11.6 Å². The van der Waals surface area contributed by atoms with Gasteiger partial charge in [0.05, 0.1) is 5.70 Å². The largest absolute Gasteiger partial charge is 0.389 e. The molecule has 0 saturated carbocycles. The van der Waals surface area contributed by atoms with Crippen molar-refractivity contribution in [1.82, 2.24) is 20.0 Å². The summed E-state index contributed by atoms with van der Waals surface area (Å²) in [5.41, 5.74) is 3.88. The molecule has 0 spiro atoms. The van der Waals surface area contributed by atoms with Gasteiger partial charge in [0.25, 0.3) is 5.90 Å². The predicted molar refractivity (Wildman–Crippen MR) is 117 cm³/mol. The third kappa shape index (κ3) is 3.96. The summed E-state index contributed by atoms with van der Waals surface area (Å²) in [6.45, 7) is 5.99. The molecule has 154 valence electrons. The molecule has 2 N–H and O–H groups in total. The van der Waals surface area contributed by atoms with E-state index in [-0.39, 0.29) is 17.3 Å². The molecule has 0 aliphatic carbocycles. The quantitative estimate of drug-likeness (QED) is 0.302. The third-order valence-electron chi connectivity index (χ3n) is 4.71. The predicted octanol–water partition coefficient (Wildman–Crippen LogP) is 4.08. The lowest BCUT2D eigenvalue weighted by atomic mass is 10.1. The van der Waals surface area contributed by atoms with Crippen LogP contribution in [0.3, 0.4) is 0 Å². The molecule has 2 aromatic carbocycles. The van der Waals surface area contributed by atoms with Gasteiger partial charge in [-0.3, -0.25) is 4.98 Å². The zero-order valence-corrected chi connectivity index (χ0v) is 16.7. The maximum atomic E-state index is 14.5. The van der Waals surface area contributed by atoms with E-state index in [2.05, 4.69) is 26.9 Å². The molecule has 4 aromatic rings. The maximum absolute atomic E-state index is 14.5. The number of aliphatic imine (C=N–C) groups is 1. The Morgan fingerprint density at radius 1 is 1.06 bits per heavy atom. The number of hydrogen-bond acceptors (Lipinski definition) is 6. The number of nitrogens with zero attached hydrogens (tertiary/aromatic N) is 5. The zero-order chi connectivity index (χ0) is 21.8. The van der Waals surface area contributed by atoms with E-state index in [4.69, 9.17) is 10.7 Å². The van der Waals surface area contributed by atoms with Gasteiger partial charge in [0.2, 0.25) is 0 Å². The van der Waals surface area contributed by atoms with Gasteiger partial charge in [-0.15, -0.1) is 5.10 Å². The second-order valence-corrected chi connectivity index (χ2v) is 6.68. The summed E-state index contributed by atoms with van der Waals surface area (Å²) in [6.07, 6.45) is 3.23. The van der Waals surface area contributed by atoms with Crippen LogP contribution in [0, 0.1) is 12.7 Å². The average molecular weight is 414 g/mol. The van der Waals surface area contributed by atoms with E-state index in [1.54, 1.807) is 42.7 Å². The first-order valence-corrected chi connectivity index (χ1v) is 9.42. The van der Waals surface area contributed by atoms with Crippen LogP contribution in [0.25, 0.3) is 22.6 Å². The van der Waals surface area contributed by atoms with Crippen LogP contribution in [0.1, 0.15) is 16.8 Å². The second kappa shape index (κ2) is 8.68. The third-order valence-corrected chi connectivity index (χ3v) is 4.71. The van der Waals surface area contributed by atoms with Crippen molar-refractivity contribution in [2.24, 2.45) is 10.9 Å². The number of nitrogens with two attached hydrogens (primary N) is 1. The number of aromatic nitrogens is 4. The molecule has 0 radical (unpaired) electrons. The standard InChI is InChI=1S/C23H19FN6O/c1-15-7-3-4-8-18(15)16(2)27-23(31-25)21-22(17-11-13-26-14-12-17)30(29-28-21)20-10-6-5-9-19(20)24/h3-14H,2,25H2,1H3. The highest BCUT2D eigenvalue weighted by molar-refractivity contribution is 6.00. The monoisotopic (exact) mass is 414 g/mol. The lowest BCUT2D eigenvalue weighted by Crippen LogP contribution is -2.14. The van der Waals surface area contributed by atoms with E-state index in [1.165, 1.54) is 10.7 Å². The van der Waals surface area contributed by atoms with Crippen LogP contribution in [0.4, 0.5) is 4.39 Å². The minimum absolute atomic E-state index is 0.00246. The summed E-state index contributed by atoms with van der Waals surface area (Å²) in [7, 11) is 0. The molecule has 7 nitrogen and oxygen atoms in total. The van der Waals surface area contributed by atoms with Gasteiger partial charge >= 0.3 is 0 Å². The fourth-order valence-corrected chi connectivity index (χ4v) is 3.20. The van der Waals surface area contributed by atoms with Gasteiger partial charge < -0.3 is 4.84 Å². The number of pyridine rings is 1. The summed E-state index contributed by atoms with van der Waals surface area (Å²) in [5, 5.41) is 8.35. The number of halogens is 1. The molecule has 0 amide bonds. The van der Waals surface area contributed by atoms with Crippen LogP contribution in [0.5, 0.6) is 0 Å². The fourth-order valence-electron chi connectivity index (χ4n) is 3.20. The SMILES string of the molecule is C=C(N=C(ON)c1nnn(-c2ccccc2F)c1-c1ccncc1)c1ccccc1C. The molecule has 0 atom stereocenters. The van der Waals surface area contributed by atoms with Crippen molar-refractivity contribution in [3.05, 3.63) is 102 Å². The first-order chi connectivity index (χ1) is 15.1. The van der Waals surface area contributed by atoms with Crippen molar-refractivity contribution in [2.75, 3.05) is 0 Å². The van der Waals surface area contributed by atoms with Gasteiger partial charge in [-0.05, 0) is 36.8 Å². The molecule has 0 saturated heterocycles. The fraction of sp³-hybridized carbons (Fsp3) is 0.0435. The average Bonchev–Trinajstić information content (AvgIpc) is 3.23. The van der Waals surface area contributed by atoms with Crippen molar-refractivity contribution in [3.8, 4) is 16.9 Å². The summed E-state index contributed by atoms with van der Waals surface area (Å²) in [4.78, 5) is 13.6. The first kappa shape index (κ1) is 20.1. The van der Waals surface area contributed by atoms with E-state index >= 15 is 0 Å². The van der Waals surface area contributed by atoms with Crippen LogP contribution in [-0.2, 0) is 4.84 Å². The number of hydrogen-bond donors (Lipinski definition) is 1. The molecule has 4 rings (SSSR count). The van der Waals surface area contributed by atoms with Crippen LogP contribution in [-0.4, -0.2) is 25.9 Å². The molecule has 8 heteroatoms. The highest BCUT2D eigenvalue weighted by atomic mass is 19.1. The summed E-state index contributed by atoms with van der Waals surface area (Å²) in [5.74, 6) is 5.11. The van der Waals surface area contributed by atoms with Crippen LogP contribution < -0.4 is 5.90 Å². The normalized spacial score (nSPS) is 11.4. The van der Waals surface area contributed by atoms with Gasteiger partial charge in [0.1, 0.15) is 17.2 Å². The highest BCUT2D eigenvalue weighted by Crippen LogP contribution is 2.28. The van der Waals surface area contributed by atoms with Crippen molar-refractivity contribution < 1.29 is 9.23 Å². The van der Waals surface area contributed by atoms with E-state index in [1.807, 2.05) is 31.2 Å². The first-order valence-electron chi connectivity index (χ1n) is 9.42. The van der Waals surface area contributed by atoms with Gasteiger partial charge in [0.15, 0.2) is 5.69 Å². The van der Waals surface area contributed by atoms with Crippen LogP contribution in [0.2, 0.25) is 0 Å². The molecule has 0 aliphatic heterocycles.